The van der Waals surface area contributed by atoms with Gasteiger partial charge in [-0.25, -0.2) is 13.4 Å². The number of rotatable bonds is 6. The molecule has 0 amide bonds. The van der Waals surface area contributed by atoms with E-state index < -0.39 is 10.0 Å². The molecule has 1 aromatic carbocycles. The summed E-state index contributed by atoms with van der Waals surface area (Å²) in [5.41, 5.74) is 1.25. The van der Waals surface area contributed by atoms with E-state index in [-0.39, 0.29) is 10.7 Å². The third-order valence-corrected chi connectivity index (χ3v) is 5.74. The first kappa shape index (κ1) is 18.9. The molecule has 0 bridgehead atoms. The molecule has 1 N–H and O–H groups in total. The summed E-state index contributed by atoms with van der Waals surface area (Å²) in [6.07, 6.45) is 8.06. The summed E-state index contributed by atoms with van der Waals surface area (Å²) in [5.74, 6) is 1.93. The average Bonchev–Trinajstić information content (AvgIpc) is 3.13. The Morgan fingerprint density at radius 3 is 2.62 bits per heavy atom. The lowest BCUT2D eigenvalue weighted by atomic mass is 9.92. The van der Waals surface area contributed by atoms with Crippen LogP contribution in [0.1, 0.15) is 23.7 Å². The molecule has 0 spiro atoms. The second-order valence-corrected chi connectivity index (χ2v) is 8.26. The van der Waals surface area contributed by atoms with Crippen molar-refractivity contribution in [1.29, 1.82) is 0 Å². The highest BCUT2D eigenvalue weighted by atomic mass is 32.2. The van der Waals surface area contributed by atoms with Crippen LogP contribution in [0.25, 0.3) is 0 Å². The van der Waals surface area contributed by atoms with Crippen LogP contribution in [0.5, 0.6) is 5.88 Å². The van der Waals surface area contributed by atoms with E-state index >= 15 is 0 Å². The van der Waals surface area contributed by atoms with Gasteiger partial charge < -0.3 is 9.26 Å². The Morgan fingerprint density at radius 2 is 2.00 bits per heavy atom. The predicted molar refractivity (Wildman–Crippen MR) is 108 cm³/mol. The second-order valence-electron chi connectivity index (χ2n) is 6.58. The Bertz CT molecular complexity index is 1150. The fraction of sp³-hybridized carbons (Fsp3) is 0.143. The smallest absolute Gasteiger partial charge is 0.264 e. The number of anilines is 1. The van der Waals surface area contributed by atoms with Crippen LogP contribution in [0.4, 0.5) is 5.82 Å². The molecule has 1 aliphatic rings. The van der Waals surface area contributed by atoms with Crippen LogP contribution in [0.3, 0.4) is 0 Å². The number of aryl methyl sites for hydroxylation is 1. The molecule has 2 heterocycles. The van der Waals surface area contributed by atoms with Gasteiger partial charge in [0.25, 0.3) is 10.0 Å². The minimum atomic E-state index is -3.81. The van der Waals surface area contributed by atoms with E-state index in [4.69, 9.17) is 9.26 Å². The van der Waals surface area contributed by atoms with Crippen molar-refractivity contribution in [3.8, 4) is 5.88 Å². The summed E-state index contributed by atoms with van der Waals surface area (Å²) in [4.78, 5) is 4.11. The minimum Gasteiger partial charge on any atom is -0.439 e. The van der Waals surface area contributed by atoms with E-state index in [2.05, 4.69) is 33.1 Å². The van der Waals surface area contributed by atoms with Gasteiger partial charge >= 0.3 is 0 Å². The van der Waals surface area contributed by atoms with Gasteiger partial charge in [0.1, 0.15) is 16.4 Å². The molecule has 1 unspecified atom stereocenters. The van der Waals surface area contributed by atoms with Crippen molar-refractivity contribution in [1.82, 2.24) is 10.1 Å². The van der Waals surface area contributed by atoms with Crippen LogP contribution in [0, 0.1) is 6.92 Å². The molecule has 1 aliphatic carbocycles. The number of ether oxygens (including phenoxy) is 1. The summed E-state index contributed by atoms with van der Waals surface area (Å²) in [5, 5.41) is 3.62. The summed E-state index contributed by atoms with van der Waals surface area (Å²) in [6, 6.07) is 14.7. The first-order valence-electron chi connectivity index (χ1n) is 9.03. The highest BCUT2D eigenvalue weighted by molar-refractivity contribution is 7.92. The maximum Gasteiger partial charge on any atom is 0.264 e. The standard InChI is InChI=1S/C21H19N3O4S/c1-15-13-20(23-28-15)24-29(25,26)19-11-12-21(22-14-19)27-18-9-7-17(8-10-18)16-5-3-2-4-6-16/h2-7,9-14,17H,8H2,1H3,(H,23,24). The van der Waals surface area contributed by atoms with Crippen LogP contribution in [0.15, 0.2) is 88.1 Å². The molecule has 2 aromatic heterocycles. The van der Waals surface area contributed by atoms with Crippen molar-refractivity contribution in [2.75, 3.05) is 4.72 Å². The molecule has 0 radical (unpaired) electrons. The molecular formula is C21H19N3O4S. The molecule has 1 atom stereocenters. The first-order valence-corrected chi connectivity index (χ1v) is 10.5. The van der Waals surface area contributed by atoms with Crippen molar-refractivity contribution in [3.05, 3.63) is 90.0 Å². The van der Waals surface area contributed by atoms with E-state index in [0.717, 1.165) is 6.42 Å². The van der Waals surface area contributed by atoms with Gasteiger partial charge in [0.15, 0.2) is 5.82 Å². The quantitative estimate of drug-likeness (QED) is 0.656. The number of hydrogen-bond donors (Lipinski definition) is 1. The summed E-state index contributed by atoms with van der Waals surface area (Å²) in [7, 11) is -3.81. The number of nitrogens with zero attached hydrogens (tertiary/aromatic N) is 2. The zero-order valence-corrected chi connectivity index (χ0v) is 16.5. The molecule has 0 saturated heterocycles. The fourth-order valence-electron chi connectivity index (χ4n) is 2.94. The van der Waals surface area contributed by atoms with Crippen LogP contribution >= 0.6 is 0 Å². The van der Waals surface area contributed by atoms with Gasteiger partial charge in [0.05, 0.1) is 6.20 Å². The fourth-order valence-corrected chi connectivity index (χ4v) is 3.87. The van der Waals surface area contributed by atoms with Gasteiger partial charge in [0.2, 0.25) is 5.88 Å². The van der Waals surface area contributed by atoms with Crippen molar-refractivity contribution < 1.29 is 17.7 Å². The third-order valence-electron chi connectivity index (χ3n) is 4.40. The van der Waals surface area contributed by atoms with E-state index in [1.54, 1.807) is 6.92 Å². The zero-order valence-electron chi connectivity index (χ0n) is 15.6. The van der Waals surface area contributed by atoms with Crippen LogP contribution in [-0.2, 0) is 10.0 Å². The first-order chi connectivity index (χ1) is 14.0. The summed E-state index contributed by atoms with van der Waals surface area (Å²) in [6.45, 7) is 1.68. The molecule has 7 nitrogen and oxygen atoms in total. The van der Waals surface area contributed by atoms with Gasteiger partial charge in [-0.3, -0.25) is 4.72 Å². The molecule has 0 fully saturated rings. The number of sulfonamides is 1. The maximum atomic E-state index is 12.4. The molecular weight excluding hydrogens is 390 g/mol. The summed E-state index contributed by atoms with van der Waals surface area (Å²) >= 11 is 0. The summed E-state index contributed by atoms with van der Waals surface area (Å²) < 4.78 is 37.7. The Morgan fingerprint density at radius 1 is 1.17 bits per heavy atom. The van der Waals surface area contributed by atoms with Crippen LogP contribution < -0.4 is 9.46 Å². The number of pyridine rings is 1. The number of nitrogens with one attached hydrogen (secondary N) is 1. The topological polar surface area (TPSA) is 94.3 Å². The van der Waals surface area contributed by atoms with Crippen molar-refractivity contribution >= 4 is 15.8 Å². The minimum absolute atomic E-state index is 0.00260. The maximum absolute atomic E-state index is 12.4. The lowest BCUT2D eigenvalue weighted by molar-refractivity contribution is 0.400. The number of benzene rings is 1. The third kappa shape index (κ3) is 4.55. The lowest BCUT2D eigenvalue weighted by Crippen LogP contribution is -2.13. The molecule has 4 rings (SSSR count). The monoisotopic (exact) mass is 409 g/mol. The molecule has 3 aromatic rings. The Kier molecular flexibility index (Phi) is 5.18. The second kappa shape index (κ2) is 7.92. The van der Waals surface area contributed by atoms with Gasteiger partial charge in [-0.1, -0.05) is 41.6 Å². The van der Waals surface area contributed by atoms with E-state index in [0.29, 0.717) is 23.3 Å². The molecule has 148 valence electrons. The van der Waals surface area contributed by atoms with E-state index in [1.807, 2.05) is 30.4 Å². The largest absolute Gasteiger partial charge is 0.439 e. The molecule has 8 heteroatoms. The zero-order chi connectivity index (χ0) is 20.3. The Labute approximate surface area is 168 Å². The molecule has 29 heavy (non-hydrogen) atoms. The molecule has 0 saturated carbocycles. The average molecular weight is 409 g/mol. The number of hydrogen-bond acceptors (Lipinski definition) is 6. The van der Waals surface area contributed by atoms with Gasteiger partial charge in [-0.05, 0) is 37.1 Å². The lowest BCUT2D eigenvalue weighted by Gasteiger charge is -2.16. The van der Waals surface area contributed by atoms with Gasteiger partial charge in [0, 0.05) is 18.1 Å². The predicted octanol–water partition coefficient (Wildman–Crippen LogP) is 4.19. The number of aromatic nitrogens is 2. The van der Waals surface area contributed by atoms with E-state index in [1.165, 1.54) is 30.0 Å². The molecule has 0 aliphatic heterocycles. The SMILES string of the molecule is Cc1cc(NS(=O)(=O)c2ccc(OC3=CCC(c4ccccc4)C=C3)nc2)no1. The van der Waals surface area contributed by atoms with Crippen molar-refractivity contribution in [2.24, 2.45) is 0 Å². The normalized spacial score (nSPS) is 16.3. The van der Waals surface area contributed by atoms with Gasteiger partial charge in [-0.2, -0.15) is 0 Å². The highest BCUT2D eigenvalue weighted by Crippen LogP contribution is 2.27. The van der Waals surface area contributed by atoms with E-state index in [9.17, 15) is 8.42 Å². The highest BCUT2D eigenvalue weighted by Gasteiger charge is 2.17. The van der Waals surface area contributed by atoms with Crippen molar-refractivity contribution in [2.45, 2.75) is 24.2 Å². The van der Waals surface area contributed by atoms with Crippen LogP contribution in [0.2, 0.25) is 0 Å². The van der Waals surface area contributed by atoms with Gasteiger partial charge in [-0.15, -0.1) is 0 Å². The van der Waals surface area contributed by atoms with Crippen LogP contribution in [-0.4, -0.2) is 18.6 Å². The Balaban J connectivity index is 1.40. The van der Waals surface area contributed by atoms with Crippen molar-refractivity contribution in [3.63, 3.8) is 0 Å². The Hall–Kier alpha value is -3.39. The number of allylic oxidation sites excluding steroid dienone is 3.